The molecule has 1 radical (unpaired) electrons. The van der Waals surface area contributed by atoms with Crippen LogP contribution in [0.1, 0.15) is 43.9 Å². The van der Waals surface area contributed by atoms with Crippen molar-refractivity contribution in [1.29, 1.82) is 0 Å². The first-order valence-corrected chi connectivity index (χ1v) is 26.2. The number of aliphatic hydroxyl groups is 1. The van der Waals surface area contributed by atoms with Crippen molar-refractivity contribution in [3.8, 4) is 23.7 Å². The first-order chi connectivity index (χ1) is 40.4. The zero-order valence-electron chi connectivity index (χ0n) is 46.9. The number of methoxy groups -OCH3 is 3. The second-order valence-corrected chi connectivity index (χ2v) is 19.6. The van der Waals surface area contributed by atoms with Crippen LogP contribution in [0.2, 0.25) is 0 Å². The first-order valence-electron chi connectivity index (χ1n) is 26.2. The van der Waals surface area contributed by atoms with Crippen molar-refractivity contribution in [2.45, 2.75) is 145 Å². The van der Waals surface area contributed by atoms with E-state index in [1.54, 1.807) is 74.7 Å². The van der Waals surface area contributed by atoms with Gasteiger partial charge in [-0.1, -0.05) is 87.9 Å². The van der Waals surface area contributed by atoms with Gasteiger partial charge in [-0.25, -0.2) is 0 Å². The molecule has 1 N–H and O–H groups in total. The Kier molecular flexibility index (Phi) is 28.2. The van der Waals surface area contributed by atoms with E-state index in [1.807, 2.05) is 26.0 Å². The van der Waals surface area contributed by atoms with Crippen LogP contribution in [0, 0.1) is 30.6 Å². The minimum absolute atomic E-state index is 0. The summed E-state index contributed by atoms with van der Waals surface area (Å²) in [6.07, 6.45) is -6.15. The van der Waals surface area contributed by atoms with E-state index in [1.165, 1.54) is 14.2 Å². The minimum Gasteiger partial charge on any atom is -0.697 e. The third-order valence-corrected chi connectivity index (χ3v) is 15.0. The number of rotatable bonds is 27. The molecular formula is C52H65N18O13Y-. The molecule has 3 saturated heterocycles. The molecule has 31 nitrogen and oxygen atoms in total. The molecule has 4 fully saturated rings. The normalized spacial score (nSPS) is 31.3. The number of benzene rings is 3. The van der Waals surface area contributed by atoms with E-state index >= 15 is 0 Å². The second kappa shape index (κ2) is 34.8. The number of nitrogens with zero attached hydrogens (tertiary/aromatic N) is 18. The second-order valence-electron chi connectivity index (χ2n) is 19.6. The van der Waals surface area contributed by atoms with Crippen molar-refractivity contribution >= 4 is 0 Å². The summed E-state index contributed by atoms with van der Waals surface area (Å²) in [4.78, 5) is 18.4. The van der Waals surface area contributed by atoms with Crippen LogP contribution >= 0.6 is 0 Å². The molecule has 3 aromatic carbocycles. The van der Waals surface area contributed by atoms with Crippen LogP contribution in [0.3, 0.4) is 0 Å². The summed E-state index contributed by atoms with van der Waals surface area (Å²) in [6.45, 7) is 4.31. The van der Waals surface area contributed by atoms with Gasteiger partial charge in [0.15, 0.2) is 18.9 Å². The summed E-state index contributed by atoms with van der Waals surface area (Å²) in [6, 6.07) is 16.6. The fraction of sp³-hybridized carbons (Fsp3) is 0.615. The van der Waals surface area contributed by atoms with Gasteiger partial charge in [-0.05, 0) is 105 Å². The van der Waals surface area contributed by atoms with E-state index in [9.17, 15) is 38.3 Å². The number of terminal acetylenes is 1. The van der Waals surface area contributed by atoms with Gasteiger partial charge < -0.3 is 74.8 Å². The summed E-state index contributed by atoms with van der Waals surface area (Å²) in [7, 11) is 4.60. The molecule has 4 aliphatic rings. The number of hydrogen-bond donors (Lipinski definition) is 1. The molecule has 1 saturated carbocycles. The maximum atomic E-state index is 11.2. The topological polar surface area (TPSA) is 424 Å². The van der Waals surface area contributed by atoms with Crippen molar-refractivity contribution in [1.82, 2.24) is 0 Å². The monoisotopic (exact) mass is 1240 g/mol. The van der Waals surface area contributed by atoms with Gasteiger partial charge in [0.05, 0.1) is 109 Å². The van der Waals surface area contributed by atoms with E-state index in [2.05, 4.69) is 66.6 Å². The fourth-order valence-corrected chi connectivity index (χ4v) is 10.4. The van der Waals surface area contributed by atoms with Gasteiger partial charge in [-0.3, -0.25) is 0 Å². The smallest absolute Gasteiger partial charge is 0.187 e. The molecule has 0 aromatic heterocycles. The Bertz CT molecular complexity index is 2870. The van der Waals surface area contributed by atoms with Gasteiger partial charge in [0.1, 0.15) is 47.7 Å². The standard InChI is InChI=1S/C50H64N18O13.C2H.Y/c1-26-27(2)40(61-67-55)48(76-37(26)20-57-63-51)79-44-36(60-66-54)19-35(59-65-53)43(74-24-30-9-15-33(71-5)16-10-30)46(44)81-50-47(75-25-31-11-17-34(72-6)18-12-31)45(39(22-69)78-50)80-49-41(62-68-56)42(28(3)38(77-49)21-58-64-52)73-23-29-7-13-32(70-4)14-8-29;1-2;/h7-18,26-28,35-50,69H,19-25H2,1-6H3;1H;/q;-1;/t26-,27+,28?,35-,36?,37?,38+,39-,40?,41-,42?,43?,44+,45+,46-,47?,48+,49?,50+;;/m1../s1. The molecule has 84 heavy (non-hydrogen) atoms. The van der Waals surface area contributed by atoms with Crippen molar-refractivity contribution in [3.63, 3.8) is 0 Å². The van der Waals surface area contributed by atoms with Crippen LogP contribution in [0.4, 0.5) is 0 Å². The number of hydrogen-bond acceptors (Lipinski definition) is 19. The van der Waals surface area contributed by atoms with Gasteiger partial charge in [0.2, 0.25) is 0 Å². The molecule has 19 atom stereocenters. The summed E-state index contributed by atoms with van der Waals surface area (Å²) in [5.41, 5.74) is 60.9. The Morgan fingerprint density at radius 3 is 1.32 bits per heavy atom. The van der Waals surface area contributed by atoms with E-state index in [-0.39, 0.29) is 78.0 Å². The third kappa shape index (κ3) is 17.4. The van der Waals surface area contributed by atoms with E-state index in [4.69, 9.17) is 63.3 Å². The Morgan fingerprint density at radius 2 is 0.869 bits per heavy atom. The van der Waals surface area contributed by atoms with Crippen molar-refractivity contribution < 1.29 is 94.7 Å². The third-order valence-electron chi connectivity index (χ3n) is 15.0. The van der Waals surface area contributed by atoms with Crippen LogP contribution in [0.5, 0.6) is 17.2 Å². The van der Waals surface area contributed by atoms with Crippen LogP contribution < -0.4 is 14.2 Å². The van der Waals surface area contributed by atoms with Crippen molar-refractivity contribution in [2.24, 2.45) is 48.4 Å². The van der Waals surface area contributed by atoms with Crippen LogP contribution in [-0.4, -0.2) is 144 Å². The predicted molar refractivity (Wildman–Crippen MR) is 292 cm³/mol. The Morgan fingerprint density at radius 1 is 0.476 bits per heavy atom. The molecule has 0 spiro atoms. The average molecular weight is 1240 g/mol. The maximum absolute atomic E-state index is 11.2. The Hall–Kier alpha value is -6.82. The molecule has 0 amide bonds. The number of azide groups is 6. The van der Waals surface area contributed by atoms with E-state index in [0.717, 1.165) is 5.56 Å². The Balaban J connectivity index is 0.00000426. The molecule has 3 heterocycles. The Labute approximate surface area is 508 Å². The zero-order valence-corrected chi connectivity index (χ0v) is 49.7. The van der Waals surface area contributed by atoms with Crippen LogP contribution in [-0.2, 0) is 95.2 Å². The molecule has 3 aromatic rings. The summed E-state index contributed by atoms with van der Waals surface area (Å²) in [5, 5.41) is 35.2. The largest absolute Gasteiger partial charge is 0.697 e. The minimum atomic E-state index is -1.57. The maximum Gasteiger partial charge on any atom is 0.187 e. The quantitative estimate of drug-likeness (QED) is 0.0244. The van der Waals surface area contributed by atoms with E-state index < -0.39 is 116 Å². The molecular weight excluding hydrogens is 1170 g/mol. The summed E-state index contributed by atoms with van der Waals surface area (Å²) < 4.78 is 76.4. The molecule has 1 aliphatic carbocycles. The van der Waals surface area contributed by atoms with Crippen LogP contribution in [0.25, 0.3) is 62.7 Å². The fourth-order valence-electron chi connectivity index (χ4n) is 10.4. The van der Waals surface area contributed by atoms with Gasteiger partial charge in [0.25, 0.3) is 0 Å². The van der Waals surface area contributed by atoms with Gasteiger partial charge in [0, 0.05) is 68.1 Å². The summed E-state index contributed by atoms with van der Waals surface area (Å²) >= 11 is 0. The molecule has 445 valence electrons. The molecule has 3 aliphatic heterocycles. The SMILES string of the molecule is COc1ccc(COC2C(C)[C@H](CN=[N+]=[N-])OC(O[C@@H]3C(OCc4ccc(OC)cc4)[C@H](O[C@@H]4C(OCc5ccc(OC)cc5)[C@H](N=[N+]=[N-])CC(N=[N+]=[N-])[C@@H]4O[C@@H]4OC(CN=[N+]=[N-])[C@H](C)[C@H](C)C4N=[N+]=[N-])O[C@@H]3CO)[C@@H]2N=[N+]=[N-])cc1.[C-]#C.[Y]. The molecule has 8 unspecified atom stereocenters. The van der Waals surface area contributed by atoms with Crippen molar-refractivity contribution in [2.75, 3.05) is 41.0 Å². The molecule has 7 rings (SSSR count). The van der Waals surface area contributed by atoms with Gasteiger partial charge >= 0.3 is 0 Å². The molecule has 0 bridgehead atoms. The van der Waals surface area contributed by atoms with Crippen LogP contribution in [0.15, 0.2) is 103 Å². The summed E-state index contributed by atoms with van der Waals surface area (Å²) in [5.74, 6) is 0.499. The zero-order chi connectivity index (χ0) is 59.8. The van der Waals surface area contributed by atoms with Gasteiger partial charge in [-0.2, -0.15) is 0 Å². The first kappa shape index (κ1) is 68.0. The number of aliphatic hydroxyl groups excluding tert-OH is 1. The molecule has 32 heteroatoms. The van der Waals surface area contributed by atoms with E-state index in [0.29, 0.717) is 28.4 Å². The van der Waals surface area contributed by atoms with Gasteiger partial charge in [-0.15, -0.1) is 0 Å². The average Bonchev–Trinajstić information content (AvgIpc) is 4.05. The predicted octanol–water partition coefficient (Wildman–Crippen LogP) is 9.94. The number of ether oxygens (including phenoxy) is 12. The van der Waals surface area contributed by atoms with Crippen molar-refractivity contribution in [3.05, 3.63) is 159 Å².